The molecule has 0 unspecified atom stereocenters. The summed E-state index contributed by atoms with van der Waals surface area (Å²) in [5, 5.41) is 0. The number of hydrogen-bond donors (Lipinski definition) is 1. The fourth-order valence-electron chi connectivity index (χ4n) is 0.354. The average molecular weight is 119 g/mol. The summed E-state index contributed by atoms with van der Waals surface area (Å²) >= 11 is 0. The summed E-state index contributed by atoms with van der Waals surface area (Å²) in [4.78, 5) is 0. The van der Waals surface area contributed by atoms with E-state index < -0.39 is 0 Å². The summed E-state index contributed by atoms with van der Waals surface area (Å²) in [6.07, 6.45) is 0. The molecule has 6 heavy (non-hydrogen) atoms. The maximum Gasteiger partial charge on any atom is 0.0842 e. The van der Waals surface area contributed by atoms with Gasteiger partial charge in [-0.25, -0.2) is 0 Å². The molecular formula is C3H13NSi2. The first kappa shape index (κ1) is 6.39. The molecule has 1 nitrogen and oxygen atoms in total. The average Bonchev–Trinajstić information content (AvgIpc) is 1.61. The summed E-state index contributed by atoms with van der Waals surface area (Å²) in [7, 11) is 0.448. The van der Waals surface area contributed by atoms with Crippen molar-refractivity contribution in [3.8, 4) is 0 Å². The van der Waals surface area contributed by atoms with E-state index in [2.05, 4.69) is 18.1 Å². The smallest absolute Gasteiger partial charge is 0.0842 e. The quantitative estimate of drug-likeness (QED) is 0.380. The van der Waals surface area contributed by atoms with Gasteiger partial charge in [0.05, 0.1) is 19.4 Å². The van der Waals surface area contributed by atoms with Crippen LogP contribution in [-0.4, -0.2) is 19.4 Å². The second kappa shape index (κ2) is 5.39. The highest BCUT2D eigenvalue weighted by Crippen LogP contribution is 1.63. The SMILES string of the molecule is CC[SiH2]N[SiH2]C. The van der Waals surface area contributed by atoms with Gasteiger partial charge in [-0.1, -0.05) is 19.5 Å². The topological polar surface area (TPSA) is 12.0 Å². The Morgan fingerprint density at radius 3 is 2.50 bits per heavy atom. The van der Waals surface area contributed by atoms with Crippen LogP contribution in [0.4, 0.5) is 0 Å². The van der Waals surface area contributed by atoms with Crippen LogP contribution in [0.3, 0.4) is 0 Å². The van der Waals surface area contributed by atoms with Crippen LogP contribution in [0.1, 0.15) is 6.92 Å². The highest BCUT2D eigenvalue weighted by atomic mass is 28.3. The van der Waals surface area contributed by atoms with Gasteiger partial charge in [0.25, 0.3) is 0 Å². The maximum absolute atomic E-state index is 3.48. The van der Waals surface area contributed by atoms with E-state index in [-0.39, 0.29) is 19.4 Å². The van der Waals surface area contributed by atoms with Gasteiger partial charge in [0, 0.05) is 0 Å². The molecule has 0 aromatic carbocycles. The van der Waals surface area contributed by atoms with Crippen LogP contribution in [0.5, 0.6) is 0 Å². The molecule has 3 heteroatoms. The monoisotopic (exact) mass is 119 g/mol. The molecule has 0 spiro atoms. The predicted octanol–water partition coefficient (Wildman–Crippen LogP) is -0.770. The van der Waals surface area contributed by atoms with E-state index in [1.807, 2.05) is 0 Å². The summed E-state index contributed by atoms with van der Waals surface area (Å²) < 4.78 is 3.48. The Kier molecular flexibility index (Phi) is 5.75. The lowest BCUT2D eigenvalue weighted by Crippen LogP contribution is -2.19. The lowest BCUT2D eigenvalue weighted by Gasteiger charge is -1.89. The highest BCUT2D eigenvalue weighted by molar-refractivity contribution is 6.49. The molecular weight excluding hydrogens is 106 g/mol. The van der Waals surface area contributed by atoms with Crippen molar-refractivity contribution >= 4 is 19.4 Å². The zero-order valence-electron chi connectivity index (χ0n) is 4.62. The first-order valence-electron chi connectivity index (χ1n) is 2.62. The summed E-state index contributed by atoms with van der Waals surface area (Å²) in [5.41, 5.74) is 0. The zero-order valence-corrected chi connectivity index (χ0v) is 7.45. The van der Waals surface area contributed by atoms with E-state index in [0.29, 0.717) is 0 Å². The Morgan fingerprint density at radius 1 is 1.67 bits per heavy atom. The largest absolute Gasteiger partial charge is 0.369 e. The minimum absolute atomic E-state index is 0.215. The summed E-state index contributed by atoms with van der Waals surface area (Å²) in [6.45, 7) is 4.55. The Bertz CT molecular complexity index is 20.8. The van der Waals surface area contributed by atoms with Crippen molar-refractivity contribution in [3.63, 3.8) is 0 Å². The molecule has 38 valence electrons. The van der Waals surface area contributed by atoms with Gasteiger partial charge in [-0.3, -0.25) is 0 Å². The van der Waals surface area contributed by atoms with Crippen molar-refractivity contribution in [2.24, 2.45) is 0 Å². The van der Waals surface area contributed by atoms with Crippen LogP contribution in [-0.2, 0) is 0 Å². The Balaban J connectivity index is 2.34. The lowest BCUT2D eigenvalue weighted by atomic mass is 11.0. The van der Waals surface area contributed by atoms with Crippen molar-refractivity contribution in [1.82, 2.24) is 4.65 Å². The fraction of sp³-hybridized carbons (Fsp3) is 1.00. The zero-order chi connectivity index (χ0) is 4.83. The van der Waals surface area contributed by atoms with Crippen LogP contribution < -0.4 is 4.65 Å². The van der Waals surface area contributed by atoms with E-state index in [0.717, 1.165) is 0 Å². The van der Waals surface area contributed by atoms with Crippen molar-refractivity contribution in [2.75, 3.05) is 0 Å². The lowest BCUT2D eigenvalue weighted by molar-refractivity contribution is 1.38. The van der Waals surface area contributed by atoms with Crippen molar-refractivity contribution < 1.29 is 0 Å². The molecule has 0 aromatic rings. The molecule has 0 aliphatic rings. The molecule has 0 aromatic heterocycles. The maximum atomic E-state index is 3.48. The van der Waals surface area contributed by atoms with Crippen molar-refractivity contribution in [2.45, 2.75) is 19.5 Å². The van der Waals surface area contributed by atoms with Crippen molar-refractivity contribution in [1.29, 1.82) is 0 Å². The molecule has 0 saturated carbocycles. The van der Waals surface area contributed by atoms with Gasteiger partial charge in [0.15, 0.2) is 0 Å². The first-order valence-corrected chi connectivity index (χ1v) is 6.45. The second-order valence-corrected chi connectivity index (χ2v) is 5.56. The third kappa shape index (κ3) is 4.39. The number of rotatable bonds is 3. The normalized spacial score (nSPS) is 13.0. The van der Waals surface area contributed by atoms with Crippen LogP contribution in [0, 0.1) is 0 Å². The highest BCUT2D eigenvalue weighted by Gasteiger charge is 1.74. The molecule has 0 heterocycles. The van der Waals surface area contributed by atoms with Crippen LogP contribution in [0.2, 0.25) is 12.6 Å². The van der Waals surface area contributed by atoms with E-state index in [1.54, 1.807) is 0 Å². The molecule has 0 bridgehead atoms. The van der Waals surface area contributed by atoms with E-state index in [1.165, 1.54) is 6.04 Å². The molecule has 0 saturated heterocycles. The van der Waals surface area contributed by atoms with Gasteiger partial charge in [-0.15, -0.1) is 0 Å². The van der Waals surface area contributed by atoms with Crippen LogP contribution in [0.15, 0.2) is 0 Å². The fourth-order valence-corrected chi connectivity index (χ4v) is 3.18. The van der Waals surface area contributed by atoms with Crippen LogP contribution in [0.25, 0.3) is 0 Å². The van der Waals surface area contributed by atoms with E-state index in [4.69, 9.17) is 0 Å². The predicted molar refractivity (Wildman–Crippen MR) is 36.6 cm³/mol. The van der Waals surface area contributed by atoms with Crippen molar-refractivity contribution in [3.05, 3.63) is 0 Å². The molecule has 0 fully saturated rings. The van der Waals surface area contributed by atoms with Gasteiger partial charge in [0.2, 0.25) is 0 Å². The molecule has 0 rings (SSSR count). The van der Waals surface area contributed by atoms with Gasteiger partial charge in [0.1, 0.15) is 0 Å². The number of nitrogens with one attached hydrogen (secondary N) is 1. The Morgan fingerprint density at radius 2 is 2.33 bits per heavy atom. The molecule has 0 aliphatic carbocycles. The molecule has 1 N–H and O–H groups in total. The molecule has 0 aliphatic heterocycles. The summed E-state index contributed by atoms with van der Waals surface area (Å²) in [5.74, 6) is 0. The van der Waals surface area contributed by atoms with Gasteiger partial charge >= 0.3 is 0 Å². The Labute approximate surface area is 44.3 Å². The Hall–Kier alpha value is 0.394. The van der Waals surface area contributed by atoms with Gasteiger partial charge in [-0.2, -0.15) is 0 Å². The van der Waals surface area contributed by atoms with Crippen LogP contribution >= 0.6 is 0 Å². The number of hydrogen-bond acceptors (Lipinski definition) is 1. The molecule has 0 amide bonds. The third-order valence-corrected chi connectivity index (χ3v) is 4.59. The molecule has 0 atom stereocenters. The first-order chi connectivity index (χ1) is 2.91. The van der Waals surface area contributed by atoms with Gasteiger partial charge < -0.3 is 4.65 Å². The van der Waals surface area contributed by atoms with Gasteiger partial charge in [-0.05, 0) is 0 Å². The minimum atomic E-state index is 0.215. The van der Waals surface area contributed by atoms with E-state index >= 15 is 0 Å². The van der Waals surface area contributed by atoms with E-state index in [9.17, 15) is 0 Å². The second-order valence-electron chi connectivity index (χ2n) is 1.35. The minimum Gasteiger partial charge on any atom is -0.369 e. The summed E-state index contributed by atoms with van der Waals surface area (Å²) in [6, 6.07) is 1.42. The molecule has 0 radical (unpaired) electrons. The third-order valence-electron chi connectivity index (χ3n) is 0.677. The standard InChI is InChI=1S/C3H13NSi2/c1-3-6-4-5-2/h4H,3,5-6H2,1-2H3.